The number of benzene rings is 3. The van der Waals surface area contributed by atoms with Crippen molar-refractivity contribution in [3.63, 3.8) is 0 Å². The molecule has 3 N–H and O–H groups in total. The molecule has 3 aromatic rings. The highest BCUT2D eigenvalue weighted by Gasteiger charge is 2.35. The summed E-state index contributed by atoms with van der Waals surface area (Å²) >= 11 is 0. The Morgan fingerprint density at radius 3 is 1.96 bits per heavy atom. The number of phenols is 1. The molecule has 0 fully saturated rings. The molecule has 126 valence electrons. The maximum Gasteiger partial charge on any atom is 0.198 e. The van der Waals surface area contributed by atoms with Gasteiger partial charge in [-0.25, -0.2) is 0 Å². The van der Waals surface area contributed by atoms with E-state index in [9.17, 15) is 14.7 Å². The number of rotatable bonds is 2. The minimum absolute atomic E-state index is 0.00300. The zero-order chi connectivity index (χ0) is 18.4. The van der Waals surface area contributed by atoms with Gasteiger partial charge >= 0.3 is 0 Å². The molecule has 4 heteroatoms. The SMILES string of the molecule is C=Cc1ccccc1-c1c(N)cc(O)c2c1C(=O)c1ccccc1C2=O. The number of nitrogen functional groups attached to an aromatic ring is 1. The lowest BCUT2D eigenvalue weighted by atomic mass is 9.78. The number of ketones is 2. The molecule has 0 saturated heterocycles. The molecule has 1 aliphatic carbocycles. The minimum Gasteiger partial charge on any atom is -0.507 e. The maximum absolute atomic E-state index is 13.2. The van der Waals surface area contributed by atoms with Gasteiger partial charge in [0.2, 0.25) is 0 Å². The van der Waals surface area contributed by atoms with E-state index in [0.29, 0.717) is 16.7 Å². The third-order valence-electron chi connectivity index (χ3n) is 4.66. The van der Waals surface area contributed by atoms with Crippen LogP contribution >= 0.6 is 0 Å². The summed E-state index contributed by atoms with van der Waals surface area (Å²) in [5.41, 5.74) is 9.06. The van der Waals surface area contributed by atoms with Crippen molar-refractivity contribution in [3.05, 3.63) is 89.0 Å². The first-order chi connectivity index (χ1) is 12.5. The van der Waals surface area contributed by atoms with Gasteiger partial charge in [-0.15, -0.1) is 0 Å². The molecule has 3 aromatic carbocycles. The van der Waals surface area contributed by atoms with Crippen molar-refractivity contribution in [1.82, 2.24) is 0 Å². The van der Waals surface area contributed by atoms with Crippen molar-refractivity contribution in [1.29, 1.82) is 0 Å². The Labute approximate surface area is 150 Å². The molecule has 0 atom stereocenters. The standard InChI is InChI=1S/C22H15NO3/c1-2-12-7-3-4-8-13(12)18-16(23)11-17(24)19-20(18)22(26)15-10-6-5-9-14(15)21(19)25/h2-11,24H,1,23H2. The van der Waals surface area contributed by atoms with E-state index in [4.69, 9.17) is 5.73 Å². The fourth-order valence-electron chi connectivity index (χ4n) is 3.49. The van der Waals surface area contributed by atoms with Crippen LogP contribution in [0.3, 0.4) is 0 Å². The van der Waals surface area contributed by atoms with Crippen molar-refractivity contribution in [2.45, 2.75) is 0 Å². The largest absolute Gasteiger partial charge is 0.507 e. The van der Waals surface area contributed by atoms with E-state index < -0.39 is 0 Å². The highest BCUT2D eigenvalue weighted by molar-refractivity contribution is 6.32. The predicted molar refractivity (Wildman–Crippen MR) is 101 cm³/mol. The number of carbonyl (C=O) groups excluding carboxylic acids is 2. The molecule has 0 saturated carbocycles. The Morgan fingerprint density at radius 2 is 1.35 bits per heavy atom. The quantitative estimate of drug-likeness (QED) is 0.539. The lowest BCUT2D eigenvalue weighted by molar-refractivity contribution is 0.0977. The van der Waals surface area contributed by atoms with E-state index in [1.165, 1.54) is 6.07 Å². The number of fused-ring (bicyclic) bond motifs is 2. The van der Waals surface area contributed by atoms with Gasteiger partial charge in [0.15, 0.2) is 11.6 Å². The zero-order valence-electron chi connectivity index (χ0n) is 13.8. The van der Waals surface area contributed by atoms with Crippen molar-refractivity contribution < 1.29 is 14.7 Å². The van der Waals surface area contributed by atoms with Crippen LogP contribution < -0.4 is 5.73 Å². The van der Waals surface area contributed by atoms with Crippen LogP contribution in [0.5, 0.6) is 5.75 Å². The minimum atomic E-state index is -0.384. The first kappa shape index (κ1) is 15.8. The second-order valence-electron chi connectivity index (χ2n) is 6.11. The van der Waals surface area contributed by atoms with Crippen molar-refractivity contribution in [2.24, 2.45) is 0 Å². The van der Waals surface area contributed by atoms with Gasteiger partial charge in [0.25, 0.3) is 0 Å². The molecular weight excluding hydrogens is 326 g/mol. The topological polar surface area (TPSA) is 80.4 Å². The molecule has 0 amide bonds. The zero-order valence-corrected chi connectivity index (χ0v) is 13.8. The van der Waals surface area contributed by atoms with Gasteiger partial charge < -0.3 is 10.8 Å². The molecule has 0 aromatic heterocycles. The molecular formula is C22H15NO3. The lowest BCUT2D eigenvalue weighted by Crippen LogP contribution is -2.22. The van der Waals surface area contributed by atoms with E-state index in [0.717, 1.165) is 5.56 Å². The Kier molecular flexibility index (Phi) is 3.48. The fourth-order valence-corrected chi connectivity index (χ4v) is 3.49. The van der Waals surface area contributed by atoms with Crippen LogP contribution in [0.4, 0.5) is 5.69 Å². The Bertz CT molecular complexity index is 1110. The Balaban J connectivity index is 2.13. The van der Waals surface area contributed by atoms with Crippen molar-refractivity contribution >= 4 is 23.3 Å². The predicted octanol–water partition coefficient (Wildman–Crippen LogP) is 4.06. The van der Waals surface area contributed by atoms with Crippen molar-refractivity contribution in [3.8, 4) is 16.9 Å². The van der Waals surface area contributed by atoms with E-state index >= 15 is 0 Å². The number of aromatic hydroxyl groups is 1. The summed E-state index contributed by atoms with van der Waals surface area (Å²) in [5, 5.41) is 10.4. The van der Waals surface area contributed by atoms with Crippen molar-refractivity contribution in [2.75, 3.05) is 5.73 Å². The first-order valence-electron chi connectivity index (χ1n) is 8.10. The first-order valence-corrected chi connectivity index (χ1v) is 8.10. The van der Waals surface area contributed by atoms with E-state index in [1.807, 2.05) is 24.3 Å². The monoisotopic (exact) mass is 341 g/mol. The molecule has 26 heavy (non-hydrogen) atoms. The second kappa shape index (κ2) is 5.70. The van der Waals surface area contributed by atoms with Gasteiger partial charge in [0.05, 0.1) is 5.56 Å². The number of anilines is 1. The molecule has 4 nitrogen and oxygen atoms in total. The third-order valence-corrected chi connectivity index (χ3v) is 4.66. The van der Waals surface area contributed by atoms with Gasteiger partial charge in [-0.3, -0.25) is 9.59 Å². The van der Waals surface area contributed by atoms with Crippen LogP contribution in [0, 0.1) is 0 Å². The summed E-state index contributed by atoms with van der Waals surface area (Å²) in [6.07, 6.45) is 1.66. The summed E-state index contributed by atoms with van der Waals surface area (Å²) < 4.78 is 0. The summed E-state index contributed by atoms with van der Waals surface area (Å²) in [4.78, 5) is 26.2. The third kappa shape index (κ3) is 2.09. The Morgan fingerprint density at radius 1 is 0.808 bits per heavy atom. The molecule has 0 unspecified atom stereocenters. The number of nitrogens with two attached hydrogens (primary N) is 1. The van der Waals surface area contributed by atoms with Crippen LogP contribution in [0.25, 0.3) is 17.2 Å². The van der Waals surface area contributed by atoms with Gasteiger partial charge in [0.1, 0.15) is 5.75 Å². The fraction of sp³-hybridized carbons (Fsp3) is 0. The second-order valence-corrected chi connectivity index (χ2v) is 6.11. The number of phenolic OH excluding ortho intramolecular Hbond substituents is 1. The summed E-state index contributed by atoms with van der Waals surface area (Å²) in [5.74, 6) is -0.998. The van der Waals surface area contributed by atoms with Crippen LogP contribution in [-0.4, -0.2) is 16.7 Å². The van der Waals surface area contributed by atoms with Crippen LogP contribution in [0.2, 0.25) is 0 Å². The summed E-state index contributed by atoms with van der Waals surface area (Å²) in [7, 11) is 0. The summed E-state index contributed by atoms with van der Waals surface area (Å²) in [6, 6.07) is 15.3. The van der Waals surface area contributed by atoms with Gasteiger partial charge in [0, 0.05) is 34.0 Å². The van der Waals surface area contributed by atoms with E-state index in [1.54, 1.807) is 30.3 Å². The molecule has 0 heterocycles. The van der Waals surface area contributed by atoms with E-state index in [-0.39, 0.29) is 39.7 Å². The summed E-state index contributed by atoms with van der Waals surface area (Å²) in [6.45, 7) is 3.80. The molecule has 0 radical (unpaired) electrons. The average molecular weight is 341 g/mol. The van der Waals surface area contributed by atoms with Gasteiger partial charge in [-0.05, 0) is 11.1 Å². The molecule has 0 bridgehead atoms. The number of carbonyl (C=O) groups is 2. The molecule has 0 spiro atoms. The highest BCUT2D eigenvalue weighted by Crippen LogP contribution is 2.43. The number of hydrogen-bond acceptors (Lipinski definition) is 4. The van der Waals surface area contributed by atoms with Crippen LogP contribution in [0.15, 0.2) is 61.2 Å². The van der Waals surface area contributed by atoms with Crippen LogP contribution in [0.1, 0.15) is 37.4 Å². The Hall–Kier alpha value is -3.66. The maximum atomic E-state index is 13.2. The molecule has 1 aliphatic rings. The lowest BCUT2D eigenvalue weighted by Gasteiger charge is -2.23. The smallest absolute Gasteiger partial charge is 0.198 e. The molecule has 4 rings (SSSR count). The number of hydrogen-bond donors (Lipinski definition) is 2. The van der Waals surface area contributed by atoms with Crippen LogP contribution in [-0.2, 0) is 0 Å². The van der Waals surface area contributed by atoms with Gasteiger partial charge in [-0.2, -0.15) is 0 Å². The normalized spacial score (nSPS) is 12.5. The van der Waals surface area contributed by atoms with E-state index in [2.05, 4.69) is 6.58 Å². The average Bonchev–Trinajstić information content (AvgIpc) is 2.65. The highest BCUT2D eigenvalue weighted by atomic mass is 16.3. The molecule has 0 aliphatic heterocycles. The van der Waals surface area contributed by atoms with Gasteiger partial charge in [-0.1, -0.05) is 61.2 Å².